The normalized spacial score (nSPS) is 14.4. The first-order chi connectivity index (χ1) is 12.2. The number of carbonyl (C=O) groups is 2. The predicted octanol–water partition coefficient (Wildman–Crippen LogP) is 3.63. The van der Waals surface area contributed by atoms with Crippen LogP contribution in [0.15, 0.2) is 60.7 Å². The molecule has 4 heteroatoms. The van der Waals surface area contributed by atoms with Crippen LogP contribution in [0.1, 0.15) is 42.9 Å². The van der Waals surface area contributed by atoms with E-state index in [2.05, 4.69) is 5.32 Å². The summed E-state index contributed by atoms with van der Waals surface area (Å²) in [6, 6.07) is 19.3. The van der Waals surface area contributed by atoms with Gasteiger partial charge in [0.15, 0.2) is 6.61 Å². The lowest BCUT2D eigenvalue weighted by molar-refractivity contribution is -0.152. The molecule has 0 bridgehead atoms. The molecule has 0 atom stereocenters. The maximum atomic E-state index is 12.3. The van der Waals surface area contributed by atoms with E-state index in [4.69, 9.17) is 4.74 Å². The van der Waals surface area contributed by atoms with Gasteiger partial charge in [-0.15, -0.1) is 0 Å². The maximum absolute atomic E-state index is 12.3. The molecule has 1 N–H and O–H groups in total. The van der Waals surface area contributed by atoms with Crippen LogP contribution in [-0.4, -0.2) is 18.5 Å². The molecule has 1 aliphatic carbocycles. The Balaban J connectivity index is 1.64. The van der Waals surface area contributed by atoms with Crippen molar-refractivity contribution in [1.82, 2.24) is 5.32 Å². The van der Waals surface area contributed by atoms with E-state index < -0.39 is 0 Å². The standard InChI is InChI=1S/C21H23NO3/c23-19(15-25-21(24)18-13-7-8-14-18)22-20(16-9-3-1-4-10-16)17-11-5-2-6-12-17/h1-6,9-12,18,20H,7-8,13-15H2,(H,22,23). The molecule has 0 unspecified atom stereocenters. The van der Waals surface area contributed by atoms with Crippen molar-refractivity contribution in [2.75, 3.05) is 6.61 Å². The molecule has 0 saturated heterocycles. The molecule has 3 rings (SSSR count). The first kappa shape index (κ1) is 17.2. The van der Waals surface area contributed by atoms with Gasteiger partial charge in [0.05, 0.1) is 12.0 Å². The fraction of sp³-hybridized carbons (Fsp3) is 0.333. The van der Waals surface area contributed by atoms with Crippen LogP contribution in [0, 0.1) is 5.92 Å². The quantitative estimate of drug-likeness (QED) is 0.819. The van der Waals surface area contributed by atoms with Crippen molar-refractivity contribution in [3.8, 4) is 0 Å². The van der Waals surface area contributed by atoms with Crippen molar-refractivity contribution >= 4 is 11.9 Å². The monoisotopic (exact) mass is 337 g/mol. The topological polar surface area (TPSA) is 55.4 Å². The van der Waals surface area contributed by atoms with Crippen LogP contribution in [-0.2, 0) is 14.3 Å². The van der Waals surface area contributed by atoms with Gasteiger partial charge < -0.3 is 10.1 Å². The van der Waals surface area contributed by atoms with Gasteiger partial charge in [-0.3, -0.25) is 9.59 Å². The minimum absolute atomic E-state index is 0.0353. The van der Waals surface area contributed by atoms with E-state index in [1.807, 2.05) is 60.7 Å². The third kappa shape index (κ3) is 4.69. The Hall–Kier alpha value is -2.62. The third-order valence-electron chi connectivity index (χ3n) is 4.61. The van der Waals surface area contributed by atoms with Crippen LogP contribution in [0.4, 0.5) is 0 Å². The van der Waals surface area contributed by atoms with Gasteiger partial charge in [0.2, 0.25) is 0 Å². The Morgan fingerprint density at radius 1 is 0.920 bits per heavy atom. The second kappa shape index (κ2) is 8.47. The minimum Gasteiger partial charge on any atom is -0.455 e. The van der Waals surface area contributed by atoms with Gasteiger partial charge in [-0.2, -0.15) is 0 Å². The summed E-state index contributed by atoms with van der Waals surface area (Å²) in [4.78, 5) is 24.3. The molecule has 0 aromatic heterocycles. The summed E-state index contributed by atoms with van der Waals surface area (Å²) < 4.78 is 5.21. The summed E-state index contributed by atoms with van der Waals surface area (Å²) in [7, 11) is 0. The average Bonchev–Trinajstić information content (AvgIpc) is 3.20. The zero-order chi connectivity index (χ0) is 17.5. The van der Waals surface area contributed by atoms with Crippen molar-refractivity contribution < 1.29 is 14.3 Å². The number of esters is 1. The zero-order valence-electron chi connectivity index (χ0n) is 14.2. The van der Waals surface area contributed by atoms with Crippen LogP contribution < -0.4 is 5.32 Å². The lowest BCUT2D eigenvalue weighted by Gasteiger charge is -2.20. The van der Waals surface area contributed by atoms with Crippen molar-refractivity contribution in [2.45, 2.75) is 31.7 Å². The molecule has 2 aromatic carbocycles. The van der Waals surface area contributed by atoms with Gasteiger partial charge in [-0.05, 0) is 24.0 Å². The van der Waals surface area contributed by atoms with E-state index in [1.54, 1.807) is 0 Å². The second-order valence-corrected chi connectivity index (χ2v) is 6.41. The first-order valence-electron chi connectivity index (χ1n) is 8.80. The lowest BCUT2D eigenvalue weighted by Crippen LogP contribution is -2.33. The van der Waals surface area contributed by atoms with Gasteiger partial charge in [0.1, 0.15) is 0 Å². The SMILES string of the molecule is O=C(COC(=O)C1CCCC1)NC(c1ccccc1)c1ccccc1. The maximum Gasteiger partial charge on any atom is 0.309 e. The largest absolute Gasteiger partial charge is 0.455 e. The van der Waals surface area contributed by atoms with E-state index in [0.29, 0.717) is 0 Å². The molecule has 0 radical (unpaired) electrons. The molecule has 130 valence electrons. The number of nitrogens with one attached hydrogen (secondary N) is 1. The van der Waals surface area contributed by atoms with E-state index in [0.717, 1.165) is 36.8 Å². The van der Waals surface area contributed by atoms with E-state index in [9.17, 15) is 9.59 Å². The fourth-order valence-electron chi connectivity index (χ4n) is 3.27. The van der Waals surface area contributed by atoms with E-state index in [-0.39, 0.29) is 30.4 Å². The predicted molar refractivity (Wildman–Crippen MR) is 95.8 cm³/mol. The molecular weight excluding hydrogens is 314 g/mol. The van der Waals surface area contributed by atoms with Crippen molar-refractivity contribution in [2.24, 2.45) is 5.92 Å². The highest BCUT2D eigenvalue weighted by molar-refractivity contribution is 5.82. The molecule has 1 aliphatic rings. The second-order valence-electron chi connectivity index (χ2n) is 6.41. The molecule has 0 spiro atoms. The van der Waals surface area contributed by atoms with Gasteiger partial charge in [-0.25, -0.2) is 0 Å². The van der Waals surface area contributed by atoms with Gasteiger partial charge in [0, 0.05) is 0 Å². The van der Waals surface area contributed by atoms with Gasteiger partial charge in [0.25, 0.3) is 5.91 Å². The molecule has 1 saturated carbocycles. The number of benzene rings is 2. The van der Waals surface area contributed by atoms with Crippen molar-refractivity contribution in [1.29, 1.82) is 0 Å². The minimum atomic E-state index is -0.288. The van der Waals surface area contributed by atoms with Crippen LogP contribution in [0.3, 0.4) is 0 Å². The van der Waals surface area contributed by atoms with E-state index in [1.165, 1.54) is 0 Å². The Labute approximate surface area is 148 Å². The van der Waals surface area contributed by atoms with Crippen LogP contribution in [0.5, 0.6) is 0 Å². The van der Waals surface area contributed by atoms with Crippen LogP contribution in [0.2, 0.25) is 0 Å². The summed E-state index contributed by atoms with van der Waals surface area (Å²) in [6.07, 6.45) is 3.88. The molecule has 1 fully saturated rings. The number of rotatable bonds is 6. The number of hydrogen-bond acceptors (Lipinski definition) is 3. The molecule has 25 heavy (non-hydrogen) atoms. The van der Waals surface area contributed by atoms with Gasteiger partial charge >= 0.3 is 5.97 Å². The molecule has 1 amide bonds. The Morgan fingerprint density at radius 3 is 1.96 bits per heavy atom. The average molecular weight is 337 g/mol. The summed E-state index contributed by atoms with van der Waals surface area (Å²) in [5, 5.41) is 2.98. The van der Waals surface area contributed by atoms with Crippen molar-refractivity contribution in [3.05, 3.63) is 71.8 Å². The number of carbonyl (C=O) groups excluding carboxylic acids is 2. The highest BCUT2D eigenvalue weighted by Crippen LogP contribution is 2.26. The van der Waals surface area contributed by atoms with Crippen molar-refractivity contribution in [3.63, 3.8) is 0 Å². The highest BCUT2D eigenvalue weighted by atomic mass is 16.5. The number of ether oxygens (including phenoxy) is 1. The third-order valence-corrected chi connectivity index (χ3v) is 4.61. The number of hydrogen-bond donors (Lipinski definition) is 1. The first-order valence-corrected chi connectivity index (χ1v) is 8.80. The summed E-state index contributed by atoms with van der Waals surface area (Å²) >= 11 is 0. The smallest absolute Gasteiger partial charge is 0.309 e. The molecular formula is C21H23NO3. The van der Waals surface area contributed by atoms with Crippen LogP contribution >= 0.6 is 0 Å². The van der Waals surface area contributed by atoms with Crippen LogP contribution in [0.25, 0.3) is 0 Å². The molecule has 0 aliphatic heterocycles. The fourth-order valence-corrected chi connectivity index (χ4v) is 3.27. The Kier molecular flexibility index (Phi) is 5.83. The zero-order valence-corrected chi connectivity index (χ0v) is 14.2. The Morgan fingerprint density at radius 2 is 1.44 bits per heavy atom. The molecule has 0 heterocycles. The molecule has 4 nitrogen and oxygen atoms in total. The van der Waals surface area contributed by atoms with Gasteiger partial charge in [-0.1, -0.05) is 73.5 Å². The lowest BCUT2D eigenvalue weighted by atomic mass is 9.99. The van der Waals surface area contributed by atoms with E-state index >= 15 is 0 Å². The number of amides is 1. The summed E-state index contributed by atoms with van der Waals surface area (Å²) in [5.41, 5.74) is 1.98. The highest BCUT2D eigenvalue weighted by Gasteiger charge is 2.25. The molecule has 2 aromatic rings. The summed E-state index contributed by atoms with van der Waals surface area (Å²) in [6.45, 7) is -0.231. The Bertz CT molecular complexity index is 654. The summed E-state index contributed by atoms with van der Waals surface area (Å²) in [5.74, 6) is -0.570.